The fourth-order valence-corrected chi connectivity index (χ4v) is 2.98. The lowest BCUT2D eigenvalue weighted by Crippen LogP contribution is -2.37. The van der Waals surface area contributed by atoms with Gasteiger partial charge in [-0.1, -0.05) is 12.1 Å². The van der Waals surface area contributed by atoms with E-state index >= 15 is 0 Å². The Morgan fingerprint density at radius 1 is 1.28 bits per heavy atom. The van der Waals surface area contributed by atoms with E-state index < -0.39 is 0 Å². The second kappa shape index (κ2) is 7.30. The molecule has 2 aromatic carbocycles. The fourth-order valence-electron chi connectivity index (χ4n) is 2.98. The number of nitrogens with one attached hydrogen (secondary N) is 1. The van der Waals surface area contributed by atoms with Crippen LogP contribution in [0.3, 0.4) is 0 Å². The number of carbonyl (C=O) groups excluding carboxylic acids is 1. The maximum absolute atomic E-state index is 12.8. The quantitative estimate of drug-likeness (QED) is 0.852. The number of hydrogen-bond donors (Lipinski definition) is 1. The number of rotatable bonds is 5. The van der Waals surface area contributed by atoms with E-state index in [1.807, 2.05) is 42.5 Å². The second-order valence-corrected chi connectivity index (χ2v) is 5.90. The van der Waals surface area contributed by atoms with Crippen molar-refractivity contribution in [1.82, 2.24) is 0 Å². The van der Waals surface area contributed by atoms with Crippen LogP contribution in [-0.2, 0) is 6.42 Å². The van der Waals surface area contributed by atoms with Gasteiger partial charge in [0.05, 0.1) is 7.11 Å². The molecular formula is C20H21N3O2. The van der Waals surface area contributed by atoms with E-state index in [0.29, 0.717) is 18.7 Å². The van der Waals surface area contributed by atoms with Gasteiger partial charge >= 0.3 is 0 Å². The maximum Gasteiger partial charge on any atom is 0.258 e. The summed E-state index contributed by atoms with van der Waals surface area (Å²) in [5, 5.41) is 8.04. The van der Waals surface area contributed by atoms with Crippen LogP contribution in [0.25, 0.3) is 0 Å². The van der Waals surface area contributed by atoms with E-state index in [9.17, 15) is 4.79 Å². The molecular weight excluding hydrogens is 314 g/mol. The molecule has 0 atom stereocenters. The number of hydrogen-bond acceptors (Lipinski definition) is 4. The number of nitrogens with zero attached hydrogens (tertiary/aromatic N) is 2. The van der Waals surface area contributed by atoms with Crippen LogP contribution in [0, 0.1) is 5.41 Å². The van der Waals surface area contributed by atoms with Crippen LogP contribution in [-0.4, -0.2) is 38.5 Å². The molecule has 2 aromatic rings. The van der Waals surface area contributed by atoms with Crippen molar-refractivity contribution in [3.8, 4) is 5.75 Å². The van der Waals surface area contributed by atoms with Crippen molar-refractivity contribution >= 4 is 23.5 Å². The monoisotopic (exact) mass is 335 g/mol. The summed E-state index contributed by atoms with van der Waals surface area (Å²) in [5.41, 5.74) is 3.96. The number of carbonyl (C=O) groups is 1. The molecule has 5 heteroatoms. The predicted octanol–water partition coefficient (Wildman–Crippen LogP) is 3.36. The SMILES string of the molecule is CN=CCC(=N)c1ccc(N2CCc3cc(OC)ccc3C2=O)cc1. The minimum absolute atomic E-state index is 0.00449. The van der Waals surface area contributed by atoms with Crippen LogP contribution in [0.4, 0.5) is 5.69 Å². The van der Waals surface area contributed by atoms with Gasteiger partial charge in [-0.15, -0.1) is 0 Å². The molecule has 0 unspecified atom stereocenters. The van der Waals surface area contributed by atoms with Crippen LogP contribution in [0.15, 0.2) is 47.5 Å². The second-order valence-electron chi connectivity index (χ2n) is 5.90. The lowest BCUT2D eigenvalue weighted by molar-refractivity contribution is 0.0980. The molecule has 0 spiro atoms. The van der Waals surface area contributed by atoms with Crippen molar-refractivity contribution in [1.29, 1.82) is 5.41 Å². The van der Waals surface area contributed by atoms with E-state index in [2.05, 4.69) is 4.99 Å². The Bertz CT molecular complexity index is 825. The highest BCUT2D eigenvalue weighted by Crippen LogP contribution is 2.27. The summed E-state index contributed by atoms with van der Waals surface area (Å²) < 4.78 is 5.24. The Morgan fingerprint density at radius 3 is 2.72 bits per heavy atom. The van der Waals surface area contributed by atoms with E-state index in [1.54, 1.807) is 25.3 Å². The fraction of sp³-hybridized carbons (Fsp3) is 0.250. The molecule has 128 valence electrons. The Balaban J connectivity index is 1.80. The zero-order chi connectivity index (χ0) is 17.8. The molecule has 0 aromatic heterocycles. The van der Waals surface area contributed by atoms with Crippen LogP contribution in [0.2, 0.25) is 0 Å². The minimum atomic E-state index is 0.00449. The minimum Gasteiger partial charge on any atom is -0.497 e. The molecule has 1 aliphatic heterocycles. The van der Waals surface area contributed by atoms with Gasteiger partial charge in [-0.2, -0.15) is 0 Å². The van der Waals surface area contributed by atoms with E-state index in [-0.39, 0.29) is 5.91 Å². The summed E-state index contributed by atoms with van der Waals surface area (Å²) >= 11 is 0. The number of ether oxygens (including phenoxy) is 1. The molecule has 0 aliphatic carbocycles. The van der Waals surface area contributed by atoms with Crippen LogP contribution >= 0.6 is 0 Å². The zero-order valence-corrected chi connectivity index (χ0v) is 14.5. The highest BCUT2D eigenvalue weighted by Gasteiger charge is 2.25. The van der Waals surface area contributed by atoms with Crippen LogP contribution < -0.4 is 9.64 Å². The largest absolute Gasteiger partial charge is 0.497 e. The number of aliphatic imine (C=N–C) groups is 1. The average molecular weight is 335 g/mol. The molecule has 1 N–H and O–H groups in total. The van der Waals surface area contributed by atoms with E-state index in [1.165, 1.54) is 0 Å². The van der Waals surface area contributed by atoms with Crippen molar-refractivity contribution in [2.75, 3.05) is 25.6 Å². The molecule has 0 saturated heterocycles. The van der Waals surface area contributed by atoms with E-state index in [0.717, 1.165) is 34.5 Å². The lowest BCUT2D eigenvalue weighted by atomic mass is 9.98. The van der Waals surface area contributed by atoms with Gasteiger partial charge in [0.25, 0.3) is 5.91 Å². The Labute approximate surface area is 147 Å². The zero-order valence-electron chi connectivity index (χ0n) is 14.5. The molecule has 5 nitrogen and oxygen atoms in total. The number of fused-ring (bicyclic) bond motifs is 1. The molecule has 0 fully saturated rings. The van der Waals surface area contributed by atoms with Gasteiger partial charge < -0.3 is 20.0 Å². The first-order valence-electron chi connectivity index (χ1n) is 8.21. The van der Waals surface area contributed by atoms with Gasteiger partial charge in [-0.3, -0.25) is 4.79 Å². The molecule has 1 amide bonds. The summed E-state index contributed by atoms with van der Waals surface area (Å²) in [6, 6.07) is 13.2. The van der Waals surface area contributed by atoms with Crippen molar-refractivity contribution in [2.24, 2.45) is 4.99 Å². The third kappa shape index (κ3) is 3.45. The van der Waals surface area contributed by atoms with Gasteiger partial charge in [0.15, 0.2) is 0 Å². The first-order valence-corrected chi connectivity index (χ1v) is 8.21. The standard InChI is InChI=1S/C20H21N3O2/c1-22-11-9-19(21)14-3-5-16(6-4-14)23-12-10-15-13-17(25-2)7-8-18(15)20(23)24/h3-8,11,13,21H,9-10,12H2,1-2H3. The molecule has 3 rings (SSSR count). The molecule has 0 bridgehead atoms. The Morgan fingerprint density at radius 2 is 2.04 bits per heavy atom. The normalized spacial score (nSPS) is 13.8. The molecule has 0 saturated carbocycles. The summed E-state index contributed by atoms with van der Waals surface area (Å²) in [6.07, 6.45) is 3.02. The highest BCUT2D eigenvalue weighted by molar-refractivity contribution is 6.09. The smallest absolute Gasteiger partial charge is 0.258 e. The number of methoxy groups -OCH3 is 1. The maximum atomic E-state index is 12.8. The third-order valence-corrected chi connectivity index (χ3v) is 4.40. The van der Waals surface area contributed by atoms with Gasteiger partial charge in [0.2, 0.25) is 0 Å². The first-order chi connectivity index (χ1) is 12.1. The summed E-state index contributed by atoms with van der Waals surface area (Å²) in [6.45, 7) is 0.637. The number of amides is 1. The molecule has 1 heterocycles. The summed E-state index contributed by atoms with van der Waals surface area (Å²) in [7, 11) is 3.33. The molecule has 0 radical (unpaired) electrons. The Hall–Kier alpha value is -2.95. The topological polar surface area (TPSA) is 65.8 Å². The van der Waals surface area contributed by atoms with Gasteiger partial charge in [0.1, 0.15) is 5.75 Å². The lowest BCUT2D eigenvalue weighted by Gasteiger charge is -2.29. The van der Waals surface area contributed by atoms with Crippen molar-refractivity contribution in [3.63, 3.8) is 0 Å². The van der Waals surface area contributed by atoms with Crippen LogP contribution in [0.5, 0.6) is 5.75 Å². The number of benzene rings is 2. The highest BCUT2D eigenvalue weighted by atomic mass is 16.5. The summed E-state index contributed by atoms with van der Waals surface area (Å²) in [5.74, 6) is 0.781. The first kappa shape index (κ1) is 16.9. The third-order valence-electron chi connectivity index (χ3n) is 4.40. The molecule has 25 heavy (non-hydrogen) atoms. The number of anilines is 1. The van der Waals surface area contributed by atoms with Gasteiger partial charge in [-0.05, 0) is 47.9 Å². The summed E-state index contributed by atoms with van der Waals surface area (Å²) in [4.78, 5) is 18.5. The molecule has 1 aliphatic rings. The average Bonchev–Trinajstić information content (AvgIpc) is 2.66. The van der Waals surface area contributed by atoms with Crippen molar-refractivity contribution in [3.05, 3.63) is 59.2 Å². The predicted molar refractivity (Wildman–Crippen MR) is 101 cm³/mol. The van der Waals surface area contributed by atoms with Crippen molar-refractivity contribution < 1.29 is 9.53 Å². The van der Waals surface area contributed by atoms with Gasteiger partial charge in [-0.25, -0.2) is 0 Å². The Kier molecular flexibility index (Phi) is 4.93. The van der Waals surface area contributed by atoms with E-state index in [4.69, 9.17) is 10.1 Å². The van der Waals surface area contributed by atoms with Crippen LogP contribution in [0.1, 0.15) is 27.9 Å². The van der Waals surface area contributed by atoms with Gasteiger partial charge in [0, 0.05) is 43.2 Å². The van der Waals surface area contributed by atoms with Crippen molar-refractivity contribution in [2.45, 2.75) is 12.8 Å².